The van der Waals surface area contributed by atoms with Crippen LogP contribution in [0.1, 0.15) is 59.5 Å². The van der Waals surface area contributed by atoms with Crippen LogP contribution in [0.5, 0.6) is 0 Å². The molecule has 4 nitrogen and oxygen atoms in total. The highest BCUT2D eigenvalue weighted by Crippen LogP contribution is 2.43. The Balaban J connectivity index is 1.85. The molecule has 1 saturated heterocycles. The van der Waals surface area contributed by atoms with Gasteiger partial charge in [0.15, 0.2) is 0 Å². The van der Waals surface area contributed by atoms with E-state index >= 15 is 0 Å². The first kappa shape index (κ1) is 25.7. The molecule has 1 amide bonds. The number of aryl methyl sites for hydroxylation is 1. The van der Waals surface area contributed by atoms with Crippen molar-refractivity contribution in [3.63, 3.8) is 0 Å². The number of carbonyl (C=O) groups is 2. The van der Waals surface area contributed by atoms with Crippen LogP contribution < -0.4 is 0 Å². The maximum atomic E-state index is 13.3. The Morgan fingerprint density at radius 1 is 1.00 bits per heavy atom. The summed E-state index contributed by atoms with van der Waals surface area (Å²) in [7, 11) is 0. The number of aliphatic hydroxyl groups excluding tert-OH is 1. The lowest BCUT2D eigenvalue weighted by Crippen LogP contribution is -2.29. The van der Waals surface area contributed by atoms with Gasteiger partial charge in [0.25, 0.3) is 11.7 Å². The molecule has 2 heterocycles. The highest BCUT2D eigenvalue weighted by molar-refractivity contribution is 7.10. The van der Waals surface area contributed by atoms with E-state index in [2.05, 4.69) is 0 Å². The highest BCUT2D eigenvalue weighted by Gasteiger charge is 2.46. The van der Waals surface area contributed by atoms with Gasteiger partial charge in [-0.25, -0.2) is 0 Å². The van der Waals surface area contributed by atoms with E-state index in [9.17, 15) is 27.9 Å². The van der Waals surface area contributed by atoms with E-state index in [4.69, 9.17) is 0 Å². The van der Waals surface area contributed by atoms with Crippen molar-refractivity contribution in [2.45, 2.75) is 51.9 Å². The van der Waals surface area contributed by atoms with Gasteiger partial charge in [-0.05, 0) is 58.7 Å². The topological polar surface area (TPSA) is 57.6 Å². The van der Waals surface area contributed by atoms with E-state index in [0.717, 1.165) is 23.3 Å². The lowest BCUT2D eigenvalue weighted by Gasteiger charge is -2.25. The van der Waals surface area contributed by atoms with E-state index in [-0.39, 0.29) is 28.9 Å². The van der Waals surface area contributed by atoms with Gasteiger partial charge >= 0.3 is 6.18 Å². The Kier molecular flexibility index (Phi) is 6.60. The van der Waals surface area contributed by atoms with Gasteiger partial charge in [0, 0.05) is 17.0 Å². The summed E-state index contributed by atoms with van der Waals surface area (Å²) in [5.74, 6) is -2.02. The minimum absolute atomic E-state index is 0.0661. The fraction of sp³-hybridized carbons (Fsp3) is 0.286. The Morgan fingerprint density at radius 3 is 2.33 bits per heavy atom. The Morgan fingerprint density at radius 2 is 1.72 bits per heavy atom. The van der Waals surface area contributed by atoms with Crippen molar-refractivity contribution >= 4 is 28.8 Å². The zero-order valence-electron chi connectivity index (χ0n) is 20.3. The van der Waals surface area contributed by atoms with Gasteiger partial charge in [0.2, 0.25) is 0 Å². The number of hydrogen-bond acceptors (Lipinski definition) is 4. The molecule has 1 N–H and O–H groups in total. The molecule has 8 heteroatoms. The quantitative estimate of drug-likeness (QED) is 0.232. The predicted octanol–water partition coefficient (Wildman–Crippen LogP) is 6.99. The molecular weight excluding hydrogens is 487 g/mol. The third-order valence-electron chi connectivity index (χ3n) is 6.32. The van der Waals surface area contributed by atoms with Crippen LogP contribution in [-0.4, -0.2) is 21.7 Å². The monoisotopic (exact) mass is 513 g/mol. The minimum Gasteiger partial charge on any atom is -0.507 e. The molecule has 188 valence electrons. The minimum atomic E-state index is -4.53. The van der Waals surface area contributed by atoms with E-state index < -0.39 is 29.5 Å². The van der Waals surface area contributed by atoms with Gasteiger partial charge in [0.05, 0.1) is 17.2 Å². The van der Waals surface area contributed by atoms with E-state index in [0.29, 0.717) is 10.4 Å². The van der Waals surface area contributed by atoms with Crippen LogP contribution in [0.15, 0.2) is 65.6 Å². The largest absolute Gasteiger partial charge is 0.507 e. The summed E-state index contributed by atoms with van der Waals surface area (Å²) in [6, 6.07) is 12.9. The third-order valence-corrected chi connectivity index (χ3v) is 7.24. The van der Waals surface area contributed by atoms with Gasteiger partial charge in [0.1, 0.15) is 5.76 Å². The van der Waals surface area contributed by atoms with Crippen molar-refractivity contribution in [3.8, 4) is 0 Å². The van der Waals surface area contributed by atoms with Crippen LogP contribution >= 0.6 is 11.3 Å². The molecule has 4 rings (SSSR count). The lowest BCUT2D eigenvalue weighted by atomic mass is 9.84. The number of aliphatic hydroxyl groups is 1. The van der Waals surface area contributed by atoms with Crippen molar-refractivity contribution in [1.82, 2.24) is 4.90 Å². The highest BCUT2D eigenvalue weighted by atomic mass is 32.1. The Hall–Kier alpha value is -3.39. The third kappa shape index (κ3) is 4.82. The standard InChI is InChI=1S/C28H26F3NO3S/c1-16-10-11-18(27(2,3)4)14-20(16)24(33)22-23(21-9-6-12-36-21)32(26(35)25(22)34)15-17-7-5-8-19(13-17)28(29,30)31/h5-14,23,33H,15H2,1-4H3/b24-22+. The van der Waals surface area contributed by atoms with Crippen molar-refractivity contribution in [1.29, 1.82) is 0 Å². The summed E-state index contributed by atoms with van der Waals surface area (Å²) >= 11 is 1.30. The van der Waals surface area contributed by atoms with E-state index in [1.807, 2.05) is 39.0 Å². The number of carbonyl (C=O) groups excluding carboxylic acids is 2. The second kappa shape index (κ2) is 9.24. The lowest BCUT2D eigenvalue weighted by molar-refractivity contribution is -0.140. The molecule has 1 atom stereocenters. The van der Waals surface area contributed by atoms with Crippen molar-refractivity contribution < 1.29 is 27.9 Å². The maximum Gasteiger partial charge on any atom is 0.416 e. The molecule has 1 fully saturated rings. The van der Waals surface area contributed by atoms with Crippen molar-refractivity contribution in [2.75, 3.05) is 0 Å². The number of ketones is 1. The van der Waals surface area contributed by atoms with Gasteiger partial charge in [-0.3, -0.25) is 9.59 Å². The molecule has 36 heavy (non-hydrogen) atoms. The zero-order chi connectivity index (χ0) is 26.4. The number of nitrogens with zero attached hydrogens (tertiary/aromatic N) is 1. The fourth-order valence-corrected chi connectivity index (χ4v) is 5.16. The number of alkyl halides is 3. The molecule has 0 radical (unpaired) electrons. The summed E-state index contributed by atoms with van der Waals surface area (Å²) in [5.41, 5.74) is 1.24. The molecule has 0 saturated carbocycles. The van der Waals surface area contributed by atoms with Crippen LogP contribution in [0.25, 0.3) is 5.76 Å². The van der Waals surface area contributed by atoms with Gasteiger partial charge in [-0.15, -0.1) is 11.3 Å². The molecule has 3 aromatic rings. The van der Waals surface area contributed by atoms with Gasteiger partial charge < -0.3 is 10.0 Å². The average molecular weight is 514 g/mol. The van der Waals surface area contributed by atoms with Crippen LogP contribution in [0.3, 0.4) is 0 Å². The first-order chi connectivity index (χ1) is 16.8. The molecule has 0 bridgehead atoms. The predicted molar refractivity (Wildman–Crippen MR) is 133 cm³/mol. The van der Waals surface area contributed by atoms with Gasteiger partial charge in [-0.1, -0.05) is 51.1 Å². The Labute approximate surface area is 211 Å². The summed E-state index contributed by atoms with van der Waals surface area (Å²) < 4.78 is 39.8. The second-order valence-corrected chi connectivity index (χ2v) is 10.9. The second-order valence-electron chi connectivity index (χ2n) is 9.92. The summed E-state index contributed by atoms with van der Waals surface area (Å²) in [6.45, 7) is 7.68. The van der Waals surface area contributed by atoms with Crippen LogP contribution in [0.2, 0.25) is 0 Å². The summed E-state index contributed by atoms with van der Waals surface area (Å²) in [4.78, 5) is 28.3. The Bertz CT molecular complexity index is 1350. The SMILES string of the molecule is Cc1ccc(C(C)(C)C)cc1/C(O)=C1\C(=O)C(=O)N(Cc2cccc(C(F)(F)F)c2)C1c1cccs1. The first-order valence-corrected chi connectivity index (χ1v) is 12.3. The van der Waals surface area contributed by atoms with Gasteiger partial charge in [-0.2, -0.15) is 13.2 Å². The van der Waals surface area contributed by atoms with Crippen molar-refractivity contribution in [3.05, 3.63) is 98.2 Å². The summed E-state index contributed by atoms with van der Waals surface area (Å²) in [6.07, 6.45) is -4.53. The van der Waals surface area contributed by atoms with Crippen molar-refractivity contribution in [2.24, 2.45) is 0 Å². The molecule has 0 spiro atoms. The van der Waals surface area contributed by atoms with Crippen LogP contribution in [-0.2, 0) is 27.7 Å². The summed E-state index contributed by atoms with van der Waals surface area (Å²) in [5, 5.41) is 13.2. The molecule has 1 aliphatic rings. The number of rotatable bonds is 4. The normalized spacial score (nSPS) is 18.2. The number of benzene rings is 2. The van der Waals surface area contributed by atoms with Crippen LogP contribution in [0, 0.1) is 6.92 Å². The number of thiophene rings is 1. The molecule has 1 aromatic heterocycles. The number of halogens is 3. The molecule has 1 unspecified atom stereocenters. The average Bonchev–Trinajstić information content (AvgIpc) is 3.41. The zero-order valence-corrected chi connectivity index (χ0v) is 21.1. The molecular formula is C28H26F3NO3S. The number of amides is 1. The first-order valence-electron chi connectivity index (χ1n) is 11.4. The smallest absolute Gasteiger partial charge is 0.416 e. The molecule has 2 aromatic carbocycles. The number of hydrogen-bond donors (Lipinski definition) is 1. The number of likely N-dealkylation sites (tertiary alicyclic amines) is 1. The van der Waals surface area contributed by atoms with Crippen LogP contribution in [0.4, 0.5) is 13.2 Å². The fourth-order valence-electron chi connectivity index (χ4n) is 4.32. The molecule has 1 aliphatic heterocycles. The number of Topliss-reactive ketones (excluding diaryl/α,β-unsaturated/α-hetero) is 1. The molecule has 0 aliphatic carbocycles. The van der Waals surface area contributed by atoms with E-state index in [1.165, 1.54) is 28.4 Å². The van der Waals surface area contributed by atoms with E-state index in [1.54, 1.807) is 24.4 Å². The maximum absolute atomic E-state index is 13.3.